The Morgan fingerprint density at radius 1 is 1.23 bits per heavy atom. The molecule has 1 aliphatic heterocycles. The van der Waals surface area contributed by atoms with Gasteiger partial charge in [0.2, 0.25) is 5.88 Å². The molecule has 0 spiro atoms. The van der Waals surface area contributed by atoms with Gasteiger partial charge in [0.1, 0.15) is 17.9 Å². The lowest BCUT2D eigenvalue weighted by Gasteiger charge is -2.22. The summed E-state index contributed by atoms with van der Waals surface area (Å²) in [7, 11) is 0. The van der Waals surface area contributed by atoms with Gasteiger partial charge in [0.15, 0.2) is 0 Å². The zero-order valence-electron chi connectivity index (χ0n) is 16.5. The zero-order chi connectivity index (χ0) is 21.4. The van der Waals surface area contributed by atoms with Crippen LogP contribution in [-0.2, 0) is 0 Å². The Balaban J connectivity index is 1.47. The highest BCUT2D eigenvalue weighted by molar-refractivity contribution is 7.16. The number of amides is 1. The van der Waals surface area contributed by atoms with Gasteiger partial charge >= 0.3 is 0 Å². The number of nitrogens with one attached hydrogen (secondary N) is 4. The SMILES string of the molecule is Cc1c(Nc2cc[nH]c(=O)c2C(=O)Nc2ccc3ncsc3c2)cnc2c1NCCO2. The summed E-state index contributed by atoms with van der Waals surface area (Å²) in [6, 6.07) is 7.06. The van der Waals surface area contributed by atoms with Crippen molar-refractivity contribution in [3.63, 3.8) is 0 Å². The number of hydrogen-bond acceptors (Lipinski definition) is 8. The Hall–Kier alpha value is -3.92. The molecule has 0 aliphatic carbocycles. The first-order valence-electron chi connectivity index (χ1n) is 9.60. The standard InChI is InChI=1S/C21H18N6O3S/c1-11-15(9-24-21-18(11)22-6-7-30-21)27-14-4-5-23-19(28)17(14)20(29)26-12-2-3-13-16(8-12)31-10-25-13/h2-5,8-10,22H,6-7H2,1H3,(H,26,29)(H2,23,27,28). The summed E-state index contributed by atoms with van der Waals surface area (Å²) in [5, 5.41) is 9.25. The number of nitrogens with zero attached hydrogens (tertiary/aromatic N) is 2. The third kappa shape index (κ3) is 3.57. The number of thiazole rings is 1. The minimum absolute atomic E-state index is 0.0202. The molecule has 0 unspecified atom stereocenters. The van der Waals surface area contributed by atoms with Crippen molar-refractivity contribution < 1.29 is 9.53 Å². The van der Waals surface area contributed by atoms with Gasteiger partial charge in [-0.1, -0.05) is 0 Å². The molecule has 0 saturated heterocycles. The third-order valence-corrected chi connectivity index (χ3v) is 5.78. The van der Waals surface area contributed by atoms with Gasteiger partial charge in [-0.3, -0.25) is 9.59 Å². The summed E-state index contributed by atoms with van der Waals surface area (Å²) in [5.41, 5.74) is 5.40. The predicted octanol–water partition coefficient (Wildman–Crippen LogP) is 3.49. The van der Waals surface area contributed by atoms with Gasteiger partial charge in [-0.15, -0.1) is 11.3 Å². The van der Waals surface area contributed by atoms with Crippen LogP contribution in [0.25, 0.3) is 10.2 Å². The number of ether oxygens (including phenoxy) is 1. The molecule has 0 radical (unpaired) electrons. The normalized spacial score (nSPS) is 12.5. The number of hydrogen-bond donors (Lipinski definition) is 4. The van der Waals surface area contributed by atoms with Crippen molar-refractivity contribution in [2.75, 3.05) is 29.1 Å². The lowest BCUT2D eigenvalue weighted by atomic mass is 10.1. The van der Waals surface area contributed by atoms with Crippen molar-refractivity contribution in [2.24, 2.45) is 0 Å². The monoisotopic (exact) mass is 434 g/mol. The van der Waals surface area contributed by atoms with Crippen LogP contribution in [0.1, 0.15) is 15.9 Å². The van der Waals surface area contributed by atoms with Crippen LogP contribution in [0.5, 0.6) is 5.88 Å². The average Bonchev–Trinajstić information content (AvgIpc) is 3.24. The highest BCUT2D eigenvalue weighted by Crippen LogP contribution is 2.34. The summed E-state index contributed by atoms with van der Waals surface area (Å²) in [6.07, 6.45) is 3.12. The van der Waals surface area contributed by atoms with E-state index in [4.69, 9.17) is 4.74 Å². The molecular weight excluding hydrogens is 416 g/mol. The molecule has 0 saturated carbocycles. The van der Waals surface area contributed by atoms with E-state index >= 15 is 0 Å². The maximum Gasteiger partial charge on any atom is 0.263 e. The van der Waals surface area contributed by atoms with Crippen LogP contribution in [-0.4, -0.2) is 34.0 Å². The van der Waals surface area contributed by atoms with Crippen molar-refractivity contribution in [1.29, 1.82) is 0 Å². The van der Waals surface area contributed by atoms with Gasteiger partial charge < -0.3 is 25.7 Å². The van der Waals surface area contributed by atoms with Gasteiger partial charge in [-0.25, -0.2) is 9.97 Å². The molecule has 0 fully saturated rings. The highest BCUT2D eigenvalue weighted by Gasteiger charge is 2.20. The Labute approximate surface area is 180 Å². The lowest BCUT2D eigenvalue weighted by Crippen LogP contribution is -2.25. The molecule has 4 N–H and O–H groups in total. The summed E-state index contributed by atoms with van der Waals surface area (Å²) >= 11 is 1.48. The van der Waals surface area contributed by atoms with E-state index in [1.807, 2.05) is 19.1 Å². The van der Waals surface area contributed by atoms with Crippen LogP contribution >= 0.6 is 11.3 Å². The summed E-state index contributed by atoms with van der Waals surface area (Å²) < 4.78 is 6.51. The molecule has 1 aromatic carbocycles. The predicted molar refractivity (Wildman–Crippen MR) is 121 cm³/mol. The Morgan fingerprint density at radius 2 is 2.13 bits per heavy atom. The van der Waals surface area contributed by atoms with E-state index in [0.717, 1.165) is 21.5 Å². The number of anilines is 4. The molecule has 3 aromatic heterocycles. The molecule has 4 aromatic rings. The van der Waals surface area contributed by atoms with E-state index in [0.29, 0.717) is 36.1 Å². The molecule has 156 valence electrons. The van der Waals surface area contributed by atoms with Crippen LogP contribution in [0.4, 0.5) is 22.7 Å². The third-order valence-electron chi connectivity index (χ3n) is 4.99. The lowest BCUT2D eigenvalue weighted by molar-refractivity contribution is 0.102. The summed E-state index contributed by atoms with van der Waals surface area (Å²) in [4.78, 5) is 36.7. The van der Waals surface area contributed by atoms with E-state index in [1.54, 1.807) is 23.8 Å². The minimum Gasteiger partial charge on any atom is -0.474 e. The van der Waals surface area contributed by atoms with Crippen LogP contribution in [0.3, 0.4) is 0 Å². The first-order chi connectivity index (χ1) is 15.1. The average molecular weight is 434 g/mol. The minimum atomic E-state index is -0.516. The second kappa shape index (κ2) is 7.73. The number of H-pyrrole nitrogens is 1. The Bertz CT molecular complexity index is 1360. The van der Waals surface area contributed by atoms with Crippen molar-refractivity contribution in [2.45, 2.75) is 6.92 Å². The molecule has 0 bridgehead atoms. The highest BCUT2D eigenvalue weighted by atomic mass is 32.1. The fourth-order valence-electron chi connectivity index (χ4n) is 3.43. The first-order valence-corrected chi connectivity index (χ1v) is 10.5. The molecule has 31 heavy (non-hydrogen) atoms. The van der Waals surface area contributed by atoms with Gasteiger partial charge in [-0.2, -0.15) is 0 Å². The number of carbonyl (C=O) groups excluding carboxylic acids is 1. The Morgan fingerprint density at radius 3 is 3.03 bits per heavy atom. The maximum atomic E-state index is 13.0. The fourth-order valence-corrected chi connectivity index (χ4v) is 4.14. The molecule has 9 nitrogen and oxygen atoms in total. The maximum absolute atomic E-state index is 13.0. The van der Waals surface area contributed by atoms with Gasteiger partial charge in [0.05, 0.1) is 33.3 Å². The molecule has 0 atom stereocenters. The fraction of sp³-hybridized carbons (Fsp3) is 0.143. The van der Waals surface area contributed by atoms with Crippen LogP contribution < -0.4 is 26.2 Å². The smallest absolute Gasteiger partial charge is 0.263 e. The van der Waals surface area contributed by atoms with E-state index < -0.39 is 11.5 Å². The first kappa shape index (κ1) is 19.1. The van der Waals surface area contributed by atoms with Crippen LogP contribution in [0.15, 0.2) is 47.0 Å². The van der Waals surface area contributed by atoms with Crippen molar-refractivity contribution in [1.82, 2.24) is 15.0 Å². The number of fused-ring (bicyclic) bond motifs is 2. The van der Waals surface area contributed by atoms with E-state index in [1.165, 1.54) is 17.5 Å². The van der Waals surface area contributed by atoms with Crippen molar-refractivity contribution in [3.8, 4) is 5.88 Å². The van der Waals surface area contributed by atoms with Crippen molar-refractivity contribution in [3.05, 3.63) is 63.7 Å². The topological polar surface area (TPSA) is 121 Å². The number of aromatic nitrogens is 3. The van der Waals surface area contributed by atoms with E-state index in [9.17, 15) is 9.59 Å². The van der Waals surface area contributed by atoms with Gasteiger partial charge in [-0.05, 0) is 31.2 Å². The quantitative estimate of drug-likeness (QED) is 0.388. The second-order valence-electron chi connectivity index (χ2n) is 6.96. The molecular formula is C21H18N6O3S. The number of rotatable bonds is 4. The van der Waals surface area contributed by atoms with Gasteiger partial charge in [0.25, 0.3) is 11.5 Å². The largest absolute Gasteiger partial charge is 0.474 e. The van der Waals surface area contributed by atoms with Crippen molar-refractivity contribution >= 4 is 50.2 Å². The number of benzene rings is 1. The molecule has 1 aliphatic rings. The molecule has 4 heterocycles. The second-order valence-corrected chi connectivity index (χ2v) is 7.85. The zero-order valence-corrected chi connectivity index (χ0v) is 17.3. The van der Waals surface area contributed by atoms with Crippen LogP contribution in [0.2, 0.25) is 0 Å². The number of pyridine rings is 2. The summed E-state index contributed by atoms with van der Waals surface area (Å²) in [5.74, 6) is 0.0230. The number of aromatic amines is 1. The van der Waals surface area contributed by atoms with E-state index in [-0.39, 0.29) is 5.56 Å². The molecule has 1 amide bonds. The molecule has 5 rings (SSSR count). The summed E-state index contributed by atoms with van der Waals surface area (Å²) in [6.45, 7) is 3.15. The van der Waals surface area contributed by atoms with Crippen LogP contribution in [0, 0.1) is 6.92 Å². The molecule has 10 heteroatoms. The Kier molecular flexibility index (Phi) is 4.75. The number of carbonyl (C=O) groups is 1. The van der Waals surface area contributed by atoms with Gasteiger partial charge in [0, 0.05) is 24.0 Å². The van der Waals surface area contributed by atoms with E-state index in [2.05, 4.69) is 30.9 Å².